The van der Waals surface area contributed by atoms with Gasteiger partial charge >= 0.3 is 0 Å². The Hall–Kier alpha value is -1.52. The van der Waals surface area contributed by atoms with Gasteiger partial charge in [0.2, 0.25) is 5.95 Å². The molecular weight excluding hydrogens is 226 g/mol. The number of amides is 1. The van der Waals surface area contributed by atoms with Crippen molar-refractivity contribution in [2.45, 2.75) is 19.8 Å². The zero-order valence-electron chi connectivity index (χ0n) is 9.62. The summed E-state index contributed by atoms with van der Waals surface area (Å²) in [4.78, 5) is 16.7. The Morgan fingerprint density at radius 2 is 2.24 bits per heavy atom. The first-order valence-electron chi connectivity index (χ1n) is 5.72. The van der Waals surface area contributed by atoms with Crippen LogP contribution in [0.4, 0.5) is 8.78 Å². The van der Waals surface area contributed by atoms with E-state index in [0.29, 0.717) is 19.0 Å². The summed E-state index contributed by atoms with van der Waals surface area (Å²) in [6.07, 6.45) is 3.32. The van der Waals surface area contributed by atoms with Gasteiger partial charge in [0.1, 0.15) is 0 Å². The largest absolute Gasteiger partial charge is 0.339 e. The van der Waals surface area contributed by atoms with Crippen LogP contribution in [-0.2, 0) is 0 Å². The Morgan fingerprint density at radius 1 is 1.53 bits per heavy atom. The van der Waals surface area contributed by atoms with Gasteiger partial charge in [0.15, 0.2) is 5.82 Å². The highest BCUT2D eigenvalue weighted by atomic mass is 19.2. The normalized spacial score (nSPS) is 14.8. The number of pyridine rings is 1. The van der Waals surface area contributed by atoms with E-state index < -0.39 is 17.7 Å². The monoisotopic (exact) mass is 240 g/mol. The van der Waals surface area contributed by atoms with E-state index in [1.165, 1.54) is 6.07 Å². The first-order valence-corrected chi connectivity index (χ1v) is 5.72. The third kappa shape index (κ3) is 2.60. The van der Waals surface area contributed by atoms with Gasteiger partial charge in [-0.15, -0.1) is 0 Å². The van der Waals surface area contributed by atoms with Gasteiger partial charge in [-0.3, -0.25) is 4.79 Å². The maximum atomic E-state index is 13.4. The Labute approximate surface area is 98.5 Å². The van der Waals surface area contributed by atoms with E-state index in [2.05, 4.69) is 4.98 Å². The van der Waals surface area contributed by atoms with E-state index in [4.69, 9.17) is 0 Å². The van der Waals surface area contributed by atoms with Crippen LogP contribution >= 0.6 is 0 Å². The minimum atomic E-state index is -1.22. The molecule has 1 aromatic rings. The van der Waals surface area contributed by atoms with Crippen molar-refractivity contribution in [2.75, 3.05) is 13.1 Å². The second-order valence-corrected chi connectivity index (χ2v) is 4.25. The standard InChI is InChI=1S/C12H14F2N2O/c1-2-16(7-8-3-4-8)12(17)9-5-6-15-11(14)10(9)13/h5-6,8H,2-4,7H2,1H3. The predicted octanol–water partition coefficient (Wildman–Crippen LogP) is 2.23. The van der Waals surface area contributed by atoms with Gasteiger partial charge in [0.05, 0.1) is 5.56 Å². The van der Waals surface area contributed by atoms with E-state index >= 15 is 0 Å². The van der Waals surface area contributed by atoms with Crippen LogP contribution in [0.3, 0.4) is 0 Å². The van der Waals surface area contributed by atoms with Gasteiger partial charge < -0.3 is 4.90 Å². The molecule has 0 aromatic carbocycles. The third-order valence-electron chi connectivity index (χ3n) is 2.92. The quantitative estimate of drug-likeness (QED) is 0.756. The summed E-state index contributed by atoms with van der Waals surface area (Å²) in [5.74, 6) is -2.32. The van der Waals surface area contributed by atoms with Crippen LogP contribution in [-0.4, -0.2) is 28.9 Å². The first kappa shape index (κ1) is 12.0. The zero-order valence-corrected chi connectivity index (χ0v) is 9.62. The molecule has 1 aliphatic carbocycles. The van der Waals surface area contributed by atoms with Crippen molar-refractivity contribution in [2.24, 2.45) is 5.92 Å². The van der Waals surface area contributed by atoms with Gasteiger partial charge in [-0.1, -0.05) is 0 Å². The van der Waals surface area contributed by atoms with Crippen molar-refractivity contribution in [1.29, 1.82) is 0 Å². The number of hydrogen-bond donors (Lipinski definition) is 0. The first-order chi connectivity index (χ1) is 8.13. The Kier molecular flexibility index (Phi) is 3.36. The molecule has 0 radical (unpaired) electrons. The minimum Gasteiger partial charge on any atom is -0.339 e. The number of halogens is 2. The smallest absolute Gasteiger partial charge is 0.257 e. The van der Waals surface area contributed by atoms with Crippen molar-refractivity contribution in [3.05, 3.63) is 29.6 Å². The molecule has 3 nitrogen and oxygen atoms in total. The van der Waals surface area contributed by atoms with Gasteiger partial charge in [-0.2, -0.15) is 4.39 Å². The molecule has 17 heavy (non-hydrogen) atoms. The molecule has 1 amide bonds. The van der Waals surface area contributed by atoms with E-state index in [1.807, 2.05) is 6.92 Å². The number of rotatable bonds is 4. The fraction of sp³-hybridized carbons (Fsp3) is 0.500. The minimum absolute atomic E-state index is 0.236. The maximum absolute atomic E-state index is 13.4. The molecular formula is C12H14F2N2O. The highest BCUT2D eigenvalue weighted by Gasteiger charge is 2.28. The topological polar surface area (TPSA) is 33.2 Å². The number of carbonyl (C=O) groups excluding carboxylic acids is 1. The molecule has 1 saturated carbocycles. The summed E-state index contributed by atoms with van der Waals surface area (Å²) in [7, 11) is 0. The highest BCUT2D eigenvalue weighted by molar-refractivity contribution is 5.94. The lowest BCUT2D eigenvalue weighted by Crippen LogP contribution is -2.33. The van der Waals surface area contributed by atoms with Gasteiger partial charge in [-0.25, -0.2) is 9.37 Å². The van der Waals surface area contributed by atoms with E-state index in [-0.39, 0.29) is 5.56 Å². The summed E-state index contributed by atoms with van der Waals surface area (Å²) in [6, 6.07) is 1.22. The van der Waals surface area contributed by atoms with Gasteiger partial charge in [-0.05, 0) is 31.7 Å². The zero-order chi connectivity index (χ0) is 12.4. The Bertz CT molecular complexity index is 433. The fourth-order valence-corrected chi connectivity index (χ4v) is 1.72. The summed E-state index contributed by atoms with van der Waals surface area (Å²) < 4.78 is 26.3. The number of nitrogens with zero attached hydrogens (tertiary/aromatic N) is 2. The molecule has 0 N–H and O–H groups in total. The molecule has 0 saturated heterocycles. The van der Waals surface area contributed by atoms with Gasteiger partial charge in [0, 0.05) is 19.3 Å². The molecule has 1 aromatic heterocycles. The average molecular weight is 240 g/mol. The van der Waals surface area contributed by atoms with E-state index in [9.17, 15) is 13.6 Å². The van der Waals surface area contributed by atoms with Crippen LogP contribution in [0.15, 0.2) is 12.3 Å². The van der Waals surface area contributed by atoms with Crippen LogP contribution in [0, 0.1) is 17.7 Å². The molecule has 1 aliphatic rings. The highest BCUT2D eigenvalue weighted by Crippen LogP contribution is 2.30. The second-order valence-electron chi connectivity index (χ2n) is 4.25. The molecule has 5 heteroatoms. The van der Waals surface area contributed by atoms with E-state index in [1.54, 1.807) is 4.90 Å². The van der Waals surface area contributed by atoms with Gasteiger partial charge in [0.25, 0.3) is 5.91 Å². The maximum Gasteiger partial charge on any atom is 0.257 e. The average Bonchev–Trinajstić information content (AvgIpc) is 3.13. The van der Waals surface area contributed by atoms with Crippen LogP contribution in [0.1, 0.15) is 30.1 Å². The van der Waals surface area contributed by atoms with Crippen LogP contribution in [0.2, 0.25) is 0 Å². The lowest BCUT2D eigenvalue weighted by atomic mass is 10.2. The molecule has 1 fully saturated rings. The van der Waals surface area contributed by atoms with Crippen LogP contribution in [0.5, 0.6) is 0 Å². The molecule has 2 rings (SSSR count). The number of aromatic nitrogens is 1. The predicted molar refractivity (Wildman–Crippen MR) is 58.5 cm³/mol. The Balaban J connectivity index is 2.18. The van der Waals surface area contributed by atoms with Crippen molar-refractivity contribution in [3.63, 3.8) is 0 Å². The Morgan fingerprint density at radius 3 is 2.82 bits per heavy atom. The summed E-state index contributed by atoms with van der Waals surface area (Å²) >= 11 is 0. The number of carbonyl (C=O) groups is 1. The molecule has 0 atom stereocenters. The molecule has 0 aliphatic heterocycles. The van der Waals surface area contributed by atoms with Crippen LogP contribution < -0.4 is 0 Å². The summed E-state index contributed by atoms with van der Waals surface area (Å²) in [6.45, 7) is 2.95. The summed E-state index contributed by atoms with van der Waals surface area (Å²) in [5, 5.41) is 0. The summed E-state index contributed by atoms with van der Waals surface area (Å²) in [5.41, 5.74) is -0.236. The molecule has 1 heterocycles. The molecule has 0 spiro atoms. The number of hydrogen-bond acceptors (Lipinski definition) is 2. The SMILES string of the molecule is CCN(CC1CC1)C(=O)c1ccnc(F)c1F. The van der Waals surface area contributed by atoms with Crippen LogP contribution in [0.25, 0.3) is 0 Å². The molecule has 92 valence electrons. The van der Waals surface area contributed by atoms with E-state index in [0.717, 1.165) is 19.0 Å². The lowest BCUT2D eigenvalue weighted by Gasteiger charge is -2.20. The fourth-order valence-electron chi connectivity index (χ4n) is 1.72. The van der Waals surface area contributed by atoms with Crippen molar-refractivity contribution in [3.8, 4) is 0 Å². The third-order valence-corrected chi connectivity index (χ3v) is 2.92. The molecule has 0 unspecified atom stereocenters. The molecule has 0 bridgehead atoms. The second kappa shape index (κ2) is 4.77. The van der Waals surface area contributed by atoms with Crippen molar-refractivity contribution < 1.29 is 13.6 Å². The van der Waals surface area contributed by atoms with Crippen molar-refractivity contribution >= 4 is 5.91 Å². The van der Waals surface area contributed by atoms with Crippen molar-refractivity contribution in [1.82, 2.24) is 9.88 Å². The lowest BCUT2D eigenvalue weighted by molar-refractivity contribution is 0.0750.